The Labute approximate surface area is 175 Å². The van der Waals surface area contributed by atoms with Crippen LogP contribution in [0.25, 0.3) is 6.08 Å². The van der Waals surface area contributed by atoms with Crippen LogP contribution in [0.1, 0.15) is 43.2 Å². The smallest absolute Gasteiger partial charge is 0.266 e. The molecule has 1 amide bonds. The molecule has 2 aromatic carbocycles. The first kappa shape index (κ1) is 19.2. The molecule has 0 radical (unpaired) electrons. The molecule has 1 aliphatic heterocycles. The minimum absolute atomic E-state index is 0.0614. The summed E-state index contributed by atoms with van der Waals surface area (Å²) in [5.74, 6) is 0.877. The molecular weight excluding hydrogens is 386 g/mol. The third-order valence-electron chi connectivity index (χ3n) is 5.19. The molecule has 0 unspecified atom stereocenters. The summed E-state index contributed by atoms with van der Waals surface area (Å²) in [6.45, 7) is 0.542. The van der Waals surface area contributed by atoms with Gasteiger partial charge in [0, 0.05) is 6.04 Å². The Kier molecular flexibility index (Phi) is 6.13. The maximum absolute atomic E-state index is 12.9. The second kappa shape index (κ2) is 8.93. The van der Waals surface area contributed by atoms with E-state index in [1.165, 1.54) is 31.0 Å². The molecular formula is C23H23NO2S2. The van der Waals surface area contributed by atoms with Crippen LogP contribution in [0.15, 0.2) is 59.5 Å². The van der Waals surface area contributed by atoms with Crippen LogP contribution in [-0.4, -0.2) is 21.2 Å². The number of ether oxygens (including phenoxy) is 1. The summed E-state index contributed by atoms with van der Waals surface area (Å²) in [6, 6.07) is 18.2. The van der Waals surface area contributed by atoms with Gasteiger partial charge in [0.1, 0.15) is 16.7 Å². The number of benzene rings is 2. The highest BCUT2D eigenvalue weighted by atomic mass is 32.2. The van der Waals surface area contributed by atoms with E-state index in [0.29, 0.717) is 15.8 Å². The van der Waals surface area contributed by atoms with Gasteiger partial charge in [-0.1, -0.05) is 85.7 Å². The Morgan fingerprint density at radius 1 is 1.04 bits per heavy atom. The molecule has 144 valence electrons. The van der Waals surface area contributed by atoms with Crippen LogP contribution in [0.2, 0.25) is 0 Å². The van der Waals surface area contributed by atoms with E-state index < -0.39 is 0 Å². The van der Waals surface area contributed by atoms with Crippen molar-refractivity contribution in [3.63, 3.8) is 0 Å². The second-order valence-corrected chi connectivity index (χ2v) is 8.86. The van der Waals surface area contributed by atoms with Crippen LogP contribution in [0, 0.1) is 0 Å². The molecule has 0 N–H and O–H groups in total. The van der Waals surface area contributed by atoms with E-state index in [4.69, 9.17) is 17.0 Å². The van der Waals surface area contributed by atoms with Crippen molar-refractivity contribution in [2.75, 3.05) is 0 Å². The molecule has 2 fully saturated rings. The van der Waals surface area contributed by atoms with Crippen molar-refractivity contribution in [3.05, 3.63) is 70.6 Å². The topological polar surface area (TPSA) is 29.5 Å². The lowest BCUT2D eigenvalue weighted by Crippen LogP contribution is -2.39. The minimum Gasteiger partial charge on any atom is -0.489 e. The number of carbonyl (C=O) groups is 1. The average Bonchev–Trinajstić information content (AvgIpc) is 3.02. The molecule has 1 aliphatic carbocycles. The van der Waals surface area contributed by atoms with Gasteiger partial charge in [-0.05, 0) is 42.2 Å². The summed E-state index contributed by atoms with van der Waals surface area (Å²) >= 11 is 6.92. The fraction of sp³-hybridized carbons (Fsp3) is 0.304. The fourth-order valence-electron chi connectivity index (χ4n) is 3.69. The van der Waals surface area contributed by atoms with Crippen molar-refractivity contribution in [1.29, 1.82) is 0 Å². The highest BCUT2D eigenvalue weighted by Crippen LogP contribution is 2.37. The molecule has 0 bridgehead atoms. The summed E-state index contributed by atoms with van der Waals surface area (Å²) in [5, 5.41) is 0. The number of nitrogens with zero attached hydrogens (tertiary/aromatic N) is 1. The summed E-state index contributed by atoms with van der Waals surface area (Å²) in [5.41, 5.74) is 2.12. The maximum Gasteiger partial charge on any atom is 0.266 e. The van der Waals surface area contributed by atoms with E-state index in [1.807, 2.05) is 65.6 Å². The highest BCUT2D eigenvalue weighted by Gasteiger charge is 2.37. The van der Waals surface area contributed by atoms with Gasteiger partial charge in [-0.2, -0.15) is 0 Å². The van der Waals surface area contributed by atoms with E-state index in [9.17, 15) is 4.79 Å². The predicted octanol–water partition coefficient (Wildman–Crippen LogP) is 5.80. The molecule has 0 aromatic heterocycles. The maximum atomic E-state index is 12.9. The number of rotatable bonds is 5. The molecule has 4 rings (SSSR count). The minimum atomic E-state index is 0.0614. The number of thiocarbonyl (C=S) groups is 1. The summed E-state index contributed by atoms with van der Waals surface area (Å²) in [4.78, 5) is 15.4. The van der Waals surface area contributed by atoms with Gasteiger partial charge in [-0.3, -0.25) is 9.69 Å². The number of thioether (sulfide) groups is 1. The first-order chi connectivity index (χ1) is 13.7. The zero-order valence-electron chi connectivity index (χ0n) is 15.7. The van der Waals surface area contributed by atoms with Crippen molar-refractivity contribution >= 4 is 40.3 Å². The number of hydrogen-bond donors (Lipinski definition) is 0. The fourth-order valence-corrected chi connectivity index (χ4v) is 5.09. The Morgan fingerprint density at radius 3 is 2.46 bits per heavy atom. The largest absolute Gasteiger partial charge is 0.489 e. The van der Waals surface area contributed by atoms with Crippen LogP contribution in [0.4, 0.5) is 0 Å². The molecule has 1 saturated carbocycles. The van der Waals surface area contributed by atoms with E-state index in [1.54, 1.807) is 0 Å². The Hall–Kier alpha value is -2.11. The van der Waals surface area contributed by atoms with Gasteiger partial charge < -0.3 is 4.74 Å². The summed E-state index contributed by atoms with van der Waals surface area (Å²) in [7, 11) is 0. The molecule has 3 nitrogen and oxygen atoms in total. The first-order valence-electron chi connectivity index (χ1n) is 9.74. The van der Waals surface area contributed by atoms with Crippen molar-refractivity contribution in [3.8, 4) is 5.75 Å². The van der Waals surface area contributed by atoms with E-state index in [0.717, 1.165) is 29.7 Å². The molecule has 28 heavy (non-hydrogen) atoms. The predicted molar refractivity (Wildman–Crippen MR) is 119 cm³/mol. The molecule has 1 heterocycles. The number of amides is 1. The molecule has 2 aromatic rings. The van der Waals surface area contributed by atoms with Gasteiger partial charge in [-0.15, -0.1) is 0 Å². The Morgan fingerprint density at radius 2 is 1.75 bits per heavy atom. The number of carbonyl (C=O) groups excluding carboxylic acids is 1. The summed E-state index contributed by atoms with van der Waals surface area (Å²) < 4.78 is 6.53. The zero-order valence-corrected chi connectivity index (χ0v) is 17.3. The van der Waals surface area contributed by atoms with E-state index >= 15 is 0 Å². The molecule has 5 heteroatoms. The lowest BCUT2D eigenvalue weighted by molar-refractivity contribution is -0.124. The van der Waals surface area contributed by atoms with Gasteiger partial charge in [0.05, 0.1) is 4.91 Å². The second-order valence-electron chi connectivity index (χ2n) is 7.19. The van der Waals surface area contributed by atoms with Crippen LogP contribution < -0.4 is 4.74 Å². The van der Waals surface area contributed by atoms with E-state index in [2.05, 4.69) is 0 Å². The SMILES string of the molecule is O=C1C(=Cc2ccc(OCc3ccccc3)cc2)SC(=S)N1C1CCCCC1. The van der Waals surface area contributed by atoms with Crippen molar-refractivity contribution in [1.82, 2.24) is 4.90 Å². The lowest BCUT2D eigenvalue weighted by atomic mass is 9.94. The van der Waals surface area contributed by atoms with Gasteiger partial charge in [0.25, 0.3) is 5.91 Å². The van der Waals surface area contributed by atoms with Crippen LogP contribution >= 0.6 is 24.0 Å². The van der Waals surface area contributed by atoms with Gasteiger partial charge in [0.15, 0.2) is 0 Å². The molecule has 0 atom stereocenters. The van der Waals surface area contributed by atoms with Crippen molar-refractivity contribution in [2.45, 2.75) is 44.8 Å². The summed E-state index contributed by atoms with van der Waals surface area (Å²) in [6.07, 6.45) is 7.69. The molecule has 1 saturated heterocycles. The Balaban J connectivity index is 1.41. The quantitative estimate of drug-likeness (QED) is 0.461. The highest BCUT2D eigenvalue weighted by molar-refractivity contribution is 8.26. The standard InChI is InChI=1S/C23H23NO2S2/c25-22-21(28-23(27)24(22)19-9-5-2-6-10-19)15-17-11-13-20(14-12-17)26-16-18-7-3-1-4-8-18/h1,3-4,7-8,11-15,19H,2,5-6,9-10,16H2. The Bertz CT molecular complexity index is 871. The normalized spacial score (nSPS) is 19.4. The third kappa shape index (κ3) is 4.47. The number of hydrogen-bond acceptors (Lipinski definition) is 4. The monoisotopic (exact) mass is 409 g/mol. The van der Waals surface area contributed by atoms with Crippen LogP contribution in [0.3, 0.4) is 0 Å². The average molecular weight is 410 g/mol. The molecule has 0 spiro atoms. The zero-order chi connectivity index (χ0) is 19.3. The van der Waals surface area contributed by atoms with Gasteiger partial charge in [-0.25, -0.2) is 0 Å². The third-order valence-corrected chi connectivity index (χ3v) is 6.52. The van der Waals surface area contributed by atoms with Crippen molar-refractivity contribution in [2.24, 2.45) is 0 Å². The van der Waals surface area contributed by atoms with Crippen LogP contribution in [0.5, 0.6) is 5.75 Å². The van der Waals surface area contributed by atoms with Crippen LogP contribution in [-0.2, 0) is 11.4 Å². The van der Waals surface area contributed by atoms with Gasteiger partial charge in [0.2, 0.25) is 0 Å². The first-order valence-corrected chi connectivity index (χ1v) is 11.0. The van der Waals surface area contributed by atoms with Crippen molar-refractivity contribution < 1.29 is 9.53 Å². The van der Waals surface area contributed by atoms with E-state index in [-0.39, 0.29) is 11.9 Å². The lowest BCUT2D eigenvalue weighted by Gasteiger charge is -2.29. The molecule has 2 aliphatic rings. The van der Waals surface area contributed by atoms with Gasteiger partial charge >= 0.3 is 0 Å².